The molecule has 6 heterocycles. The Morgan fingerprint density at radius 3 is 1.05 bits per heavy atom. The lowest BCUT2D eigenvalue weighted by Gasteiger charge is -2.37. The second-order valence-electron chi connectivity index (χ2n) is 18.3. The first kappa shape index (κ1) is 50.1. The maximum atomic E-state index is 13.2. The molecule has 6 atom stereocenters. The highest BCUT2D eigenvalue weighted by Gasteiger charge is 2.56. The van der Waals surface area contributed by atoms with Crippen LogP contribution in [0.4, 0.5) is 0 Å². The summed E-state index contributed by atoms with van der Waals surface area (Å²) >= 11 is 11.9. The number of fused-ring (bicyclic) bond motifs is 6. The average molecular weight is 1190 g/mol. The van der Waals surface area contributed by atoms with E-state index in [1.165, 1.54) is 21.6 Å². The number of nitrogens with zero attached hydrogens (tertiary/aromatic N) is 6. The minimum absolute atomic E-state index is 0.000399. The molecule has 0 fully saturated rings. The molecule has 0 aromatic heterocycles. The molecule has 0 saturated carbocycles. The summed E-state index contributed by atoms with van der Waals surface area (Å²) in [4.78, 5) is 57.7. The number of carbonyl (C=O) groups excluding carboxylic acids is 3. The number of thioether (sulfide) groups is 1. The largest absolute Gasteiger partial charge is 0.485 e. The number of halogens is 3. The van der Waals surface area contributed by atoms with Gasteiger partial charge in [-0.2, -0.15) is 0 Å². The molecule has 4 N–H and O–H groups in total. The topological polar surface area (TPSA) is 178 Å². The molecule has 2 unspecified atom stereocenters. The molecule has 6 aliphatic heterocycles. The van der Waals surface area contributed by atoms with E-state index in [1.54, 1.807) is 26.0 Å². The van der Waals surface area contributed by atoms with Gasteiger partial charge in [0.2, 0.25) is 0 Å². The highest BCUT2D eigenvalue weighted by molar-refractivity contribution is 9.11. The number of rotatable bonds is 3. The van der Waals surface area contributed by atoms with E-state index in [-0.39, 0.29) is 48.0 Å². The molecule has 6 aromatic rings. The van der Waals surface area contributed by atoms with Gasteiger partial charge in [0.25, 0.3) is 17.7 Å². The predicted molar refractivity (Wildman–Crippen MR) is 293 cm³/mol. The first-order chi connectivity index (χ1) is 35.1. The first-order valence-corrected chi connectivity index (χ1v) is 26.9. The zero-order valence-electron chi connectivity index (χ0n) is 40.0. The van der Waals surface area contributed by atoms with Crippen molar-refractivity contribution in [3.8, 4) is 17.2 Å². The van der Waals surface area contributed by atoms with Crippen LogP contribution in [-0.4, -0.2) is 76.9 Å². The third-order valence-electron chi connectivity index (χ3n) is 14.0. The molecule has 14 nitrogen and oxygen atoms in total. The monoisotopic (exact) mass is 1190 g/mol. The van der Waals surface area contributed by atoms with Crippen LogP contribution in [0.25, 0.3) is 0 Å². The fraction of sp³-hybridized carbons (Fsp3) is 0.236. The zero-order valence-corrected chi connectivity index (χ0v) is 45.6. The van der Waals surface area contributed by atoms with Crippen LogP contribution in [0.5, 0.6) is 17.2 Å². The fourth-order valence-electron chi connectivity index (χ4n) is 10.2. The normalized spacial score (nSPS) is 25.2. The van der Waals surface area contributed by atoms with E-state index in [4.69, 9.17) is 30.7 Å². The number of benzene rings is 6. The van der Waals surface area contributed by atoms with Crippen molar-refractivity contribution in [2.24, 2.45) is 26.4 Å². The lowest BCUT2D eigenvalue weighted by molar-refractivity contribution is -0.133. The van der Waals surface area contributed by atoms with E-state index in [0.717, 1.165) is 57.7 Å². The van der Waals surface area contributed by atoms with E-state index in [1.807, 2.05) is 152 Å². The van der Waals surface area contributed by atoms with Crippen LogP contribution in [0, 0.1) is 0 Å². The Bertz CT molecular complexity index is 3120. The standard InChI is InChI=1S/C19H17BrN2O2S.2C18H16BrN3O2/c1-22-17(23)19(21-18(22)25-2)11-16(12-6-4-3-5-7-12)24-15-9-8-13(20)10-14(15)19;2*1-22-16(23)18(21-17(22)20)10-15(11-5-3-2-4-6-11)24-14-8-7-12(19)9-13(14)18/h3-10,16H,11H2,1-2H3;2*2-9,15H,10H2,1H3,(H2,20,21)/t;15-,18+;15-,18-/m.10/s1. The average Bonchev–Trinajstić information content (AvgIpc) is 3.88. The SMILES string of the molecule is CN1C(=O)[C@@]2(C[C@@H](c3ccccc3)Oc3ccc(Br)cc32)N=C1N.CN1C(=O)[C@@]2(C[C@H](c3ccccc3)Oc3ccc(Br)cc32)N=C1N.CSC1=NC2(CC(c3ccccc3)Oc3ccc(Br)cc32)C(=O)N1C. The molecule has 73 heavy (non-hydrogen) atoms. The van der Waals surface area contributed by atoms with Gasteiger partial charge in [-0.15, -0.1) is 0 Å². The Kier molecular flexibility index (Phi) is 13.6. The molecule has 0 bridgehead atoms. The second kappa shape index (κ2) is 19.8. The molecule has 0 aliphatic carbocycles. The van der Waals surface area contributed by atoms with Crippen LogP contribution in [0.15, 0.2) is 174 Å². The Morgan fingerprint density at radius 1 is 0.479 bits per heavy atom. The summed E-state index contributed by atoms with van der Waals surface area (Å²) in [5.74, 6) is 2.28. The van der Waals surface area contributed by atoms with E-state index in [9.17, 15) is 14.4 Å². The Morgan fingerprint density at radius 2 is 0.781 bits per heavy atom. The molecule has 3 amide bonds. The molecule has 0 radical (unpaired) electrons. The zero-order chi connectivity index (χ0) is 51.4. The van der Waals surface area contributed by atoms with Crippen molar-refractivity contribution in [1.29, 1.82) is 0 Å². The molecular weight excluding hydrogens is 1140 g/mol. The predicted octanol–water partition coefficient (Wildman–Crippen LogP) is 10.3. The van der Waals surface area contributed by atoms with Crippen molar-refractivity contribution >= 4 is 94.4 Å². The lowest BCUT2D eigenvalue weighted by atomic mass is 9.80. The molecule has 6 aromatic carbocycles. The van der Waals surface area contributed by atoms with Crippen molar-refractivity contribution < 1.29 is 28.6 Å². The van der Waals surface area contributed by atoms with E-state index in [0.29, 0.717) is 30.8 Å². The summed E-state index contributed by atoms with van der Waals surface area (Å²) in [6, 6.07) is 46.9. The Hall–Kier alpha value is -6.47. The van der Waals surface area contributed by atoms with Gasteiger partial charge < -0.3 is 25.7 Å². The number of hydrogen-bond acceptors (Lipinski definition) is 12. The second-order valence-corrected chi connectivity index (χ2v) is 21.8. The maximum absolute atomic E-state index is 13.2. The molecule has 3 spiro atoms. The molecule has 0 saturated heterocycles. The third kappa shape index (κ3) is 8.89. The van der Waals surface area contributed by atoms with Gasteiger partial charge in [-0.25, -0.2) is 15.0 Å². The van der Waals surface area contributed by atoms with Gasteiger partial charge in [-0.05, 0) is 77.5 Å². The molecule has 6 aliphatic rings. The van der Waals surface area contributed by atoms with E-state index >= 15 is 0 Å². The van der Waals surface area contributed by atoms with Crippen molar-refractivity contribution in [3.63, 3.8) is 0 Å². The lowest BCUT2D eigenvalue weighted by Crippen LogP contribution is -2.43. The summed E-state index contributed by atoms with van der Waals surface area (Å²) in [5.41, 5.74) is 14.3. The van der Waals surface area contributed by atoms with Crippen LogP contribution in [0.2, 0.25) is 0 Å². The van der Waals surface area contributed by atoms with E-state index in [2.05, 4.69) is 57.8 Å². The summed E-state index contributed by atoms with van der Waals surface area (Å²) in [7, 11) is 5.10. The van der Waals surface area contributed by atoms with Crippen molar-refractivity contribution in [3.05, 3.63) is 192 Å². The smallest absolute Gasteiger partial charge is 0.261 e. The molecular formula is C55H49Br3N8O6S. The quantitative estimate of drug-likeness (QED) is 0.175. The van der Waals surface area contributed by atoms with Gasteiger partial charge in [0.15, 0.2) is 33.7 Å². The number of amidine groups is 1. The van der Waals surface area contributed by atoms with Gasteiger partial charge in [0, 0.05) is 70.5 Å². The van der Waals surface area contributed by atoms with Gasteiger partial charge in [0.05, 0.1) is 0 Å². The van der Waals surface area contributed by atoms with Crippen molar-refractivity contribution in [1.82, 2.24) is 14.7 Å². The van der Waals surface area contributed by atoms with E-state index < -0.39 is 16.6 Å². The Labute approximate surface area is 452 Å². The van der Waals surface area contributed by atoms with Gasteiger partial charge >= 0.3 is 0 Å². The number of nitrogens with two attached hydrogens (primary N) is 2. The van der Waals surface area contributed by atoms with Crippen LogP contribution in [0.1, 0.15) is 71.0 Å². The number of hydrogen-bond donors (Lipinski definition) is 2. The number of likely N-dealkylation sites (N-methyl/N-ethyl adjacent to an activating group) is 3. The van der Waals surface area contributed by atoms with Crippen LogP contribution >= 0.6 is 59.6 Å². The molecule has 372 valence electrons. The minimum atomic E-state index is -1.03. The van der Waals surface area contributed by atoms with Crippen molar-refractivity contribution in [2.45, 2.75) is 54.2 Å². The van der Waals surface area contributed by atoms with Crippen LogP contribution < -0.4 is 25.7 Å². The minimum Gasteiger partial charge on any atom is -0.485 e. The number of carbonyl (C=O) groups is 3. The molecule has 18 heteroatoms. The first-order valence-electron chi connectivity index (χ1n) is 23.3. The fourth-order valence-corrected chi connectivity index (χ4v) is 11.9. The van der Waals surface area contributed by atoms with Crippen LogP contribution in [0.3, 0.4) is 0 Å². The number of aliphatic imine (C=N–C) groups is 3. The summed E-state index contributed by atoms with van der Waals surface area (Å²) < 4.78 is 21.3. The van der Waals surface area contributed by atoms with Gasteiger partial charge in [-0.1, -0.05) is 151 Å². The maximum Gasteiger partial charge on any atom is 0.261 e. The highest BCUT2D eigenvalue weighted by Crippen LogP contribution is 2.53. The van der Waals surface area contributed by atoms with Gasteiger partial charge in [-0.3, -0.25) is 29.1 Å². The van der Waals surface area contributed by atoms with Crippen molar-refractivity contribution in [2.75, 3.05) is 27.4 Å². The Balaban J connectivity index is 0.000000126. The summed E-state index contributed by atoms with van der Waals surface area (Å²) in [6.07, 6.45) is 2.55. The summed E-state index contributed by atoms with van der Waals surface area (Å²) in [6.45, 7) is 0. The number of amides is 3. The third-order valence-corrected chi connectivity index (χ3v) is 16.2. The van der Waals surface area contributed by atoms with Gasteiger partial charge in [0.1, 0.15) is 35.6 Å². The highest BCUT2D eigenvalue weighted by atomic mass is 79.9. The summed E-state index contributed by atoms with van der Waals surface area (Å²) in [5, 5.41) is 0.740. The van der Waals surface area contributed by atoms with Crippen LogP contribution in [-0.2, 0) is 31.0 Å². The number of guanidine groups is 2. The molecule has 12 rings (SSSR count). The number of ether oxygens (including phenoxy) is 3.